The molecule has 0 saturated heterocycles. The lowest BCUT2D eigenvalue weighted by atomic mass is 10.2. The highest BCUT2D eigenvalue weighted by Crippen LogP contribution is 2.22. The minimum Gasteiger partial charge on any atom is -0.332 e. The summed E-state index contributed by atoms with van der Waals surface area (Å²) in [7, 11) is 0. The van der Waals surface area contributed by atoms with E-state index in [1.165, 1.54) is 5.56 Å². The molecule has 0 bridgehead atoms. The highest BCUT2D eigenvalue weighted by molar-refractivity contribution is 7.10. The highest BCUT2D eigenvalue weighted by Gasteiger charge is 2.11. The molecule has 19 heavy (non-hydrogen) atoms. The van der Waals surface area contributed by atoms with Crippen molar-refractivity contribution in [2.45, 2.75) is 19.8 Å². The normalized spacial score (nSPS) is 10.8. The topological polar surface area (TPSA) is 51.8 Å². The van der Waals surface area contributed by atoms with Crippen molar-refractivity contribution in [1.29, 1.82) is 0 Å². The molecule has 0 radical (unpaired) electrons. The Kier molecular flexibility index (Phi) is 3.37. The number of nitrogens with zero attached hydrogens (tertiary/aromatic N) is 3. The van der Waals surface area contributed by atoms with Crippen LogP contribution >= 0.6 is 11.3 Å². The molecule has 2 heterocycles. The van der Waals surface area contributed by atoms with Gasteiger partial charge in [0.2, 0.25) is 0 Å². The van der Waals surface area contributed by atoms with Gasteiger partial charge in [0, 0.05) is 18.2 Å². The largest absolute Gasteiger partial charge is 0.332 e. The summed E-state index contributed by atoms with van der Waals surface area (Å²) in [6.07, 6.45) is 1.60. The molecule has 0 saturated carbocycles. The quantitative estimate of drug-likeness (QED) is 0.730. The van der Waals surface area contributed by atoms with E-state index in [9.17, 15) is 0 Å². The van der Waals surface area contributed by atoms with E-state index in [1.54, 1.807) is 11.3 Å². The van der Waals surface area contributed by atoms with Gasteiger partial charge in [0.1, 0.15) is 5.69 Å². The van der Waals surface area contributed by atoms with Crippen LogP contribution in [0.1, 0.15) is 23.3 Å². The van der Waals surface area contributed by atoms with Crippen molar-refractivity contribution in [1.82, 2.24) is 15.1 Å². The van der Waals surface area contributed by atoms with Gasteiger partial charge in [-0.15, -0.1) is 11.3 Å². The molecular formula is C14H13N3OS. The number of rotatable bonds is 4. The number of aryl methyl sites for hydroxylation is 1. The molecule has 5 heteroatoms. The van der Waals surface area contributed by atoms with Crippen LogP contribution in [0.15, 0.2) is 40.2 Å². The molecule has 0 unspecified atom stereocenters. The Labute approximate surface area is 115 Å². The SMILES string of the molecule is CCc1noc(-c2csc(Cc3ccccc3)n2)n1. The molecule has 0 fully saturated rings. The van der Waals surface area contributed by atoms with Crippen molar-refractivity contribution in [3.05, 3.63) is 52.1 Å². The van der Waals surface area contributed by atoms with Crippen LogP contribution in [-0.2, 0) is 12.8 Å². The fraction of sp³-hybridized carbons (Fsp3) is 0.214. The number of hydrogen-bond donors (Lipinski definition) is 0. The van der Waals surface area contributed by atoms with Crippen molar-refractivity contribution in [3.8, 4) is 11.6 Å². The van der Waals surface area contributed by atoms with E-state index in [1.807, 2.05) is 30.5 Å². The van der Waals surface area contributed by atoms with Crippen molar-refractivity contribution in [2.24, 2.45) is 0 Å². The van der Waals surface area contributed by atoms with Crippen molar-refractivity contribution < 1.29 is 4.52 Å². The second-order valence-corrected chi connectivity index (χ2v) is 5.10. The predicted octanol–water partition coefficient (Wildman–Crippen LogP) is 3.35. The Morgan fingerprint density at radius 1 is 1.16 bits per heavy atom. The zero-order valence-corrected chi connectivity index (χ0v) is 11.4. The van der Waals surface area contributed by atoms with Gasteiger partial charge in [0.05, 0.1) is 5.01 Å². The maximum absolute atomic E-state index is 5.19. The lowest BCUT2D eigenvalue weighted by molar-refractivity contribution is 0.422. The Bertz CT molecular complexity index is 660. The van der Waals surface area contributed by atoms with E-state index in [0.29, 0.717) is 11.7 Å². The predicted molar refractivity (Wildman–Crippen MR) is 74.0 cm³/mol. The van der Waals surface area contributed by atoms with E-state index < -0.39 is 0 Å². The lowest BCUT2D eigenvalue weighted by Crippen LogP contribution is -1.87. The highest BCUT2D eigenvalue weighted by atomic mass is 32.1. The fourth-order valence-electron chi connectivity index (χ4n) is 1.76. The van der Waals surface area contributed by atoms with Gasteiger partial charge in [0.15, 0.2) is 5.82 Å². The van der Waals surface area contributed by atoms with Gasteiger partial charge in [-0.05, 0) is 5.56 Å². The first kappa shape index (κ1) is 12.0. The van der Waals surface area contributed by atoms with E-state index in [-0.39, 0.29) is 0 Å². The van der Waals surface area contributed by atoms with E-state index in [2.05, 4.69) is 27.3 Å². The average Bonchev–Trinajstić information content (AvgIpc) is 3.08. The third kappa shape index (κ3) is 2.71. The third-order valence-corrected chi connectivity index (χ3v) is 3.60. The molecule has 3 rings (SSSR count). The maximum atomic E-state index is 5.19. The fourth-order valence-corrected chi connectivity index (χ4v) is 2.56. The minimum atomic E-state index is 0.507. The summed E-state index contributed by atoms with van der Waals surface area (Å²) in [5.74, 6) is 1.22. The molecule has 4 nitrogen and oxygen atoms in total. The zero-order chi connectivity index (χ0) is 13.1. The molecule has 0 N–H and O–H groups in total. The zero-order valence-electron chi connectivity index (χ0n) is 10.5. The molecule has 2 aromatic heterocycles. The molecule has 0 aliphatic carbocycles. The van der Waals surface area contributed by atoms with Gasteiger partial charge in [-0.3, -0.25) is 0 Å². The summed E-state index contributed by atoms with van der Waals surface area (Å²) in [5, 5.41) is 6.90. The van der Waals surface area contributed by atoms with Crippen LogP contribution in [0, 0.1) is 0 Å². The summed E-state index contributed by atoms with van der Waals surface area (Å²) in [6.45, 7) is 2.00. The number of aromatic nitrogens is 3. The second-order valence-electron chi connectivity index (χ2n) is 4.16. The van der Waals surface area contributed by atoms with Crippen molar-refractivity contribution in [2.75, 3.05) is 0 Å². The molecule has 0 aliphatic rings. The first-order valence-corrected chi connectivity index (χ1v) is 7.04. The van der Waals surface area contributed by atoms with Crippen LogP contribution in [0.25, 0.3) is 11.6 Å². The Morgan fingerprint density at radius 2 is 2.00 bits per heavy atom. The average molecular weight is 271 g/mol. The van der Waals surface area contributed by atoms with Crippen LogP contribution < -0.4 is 0 Å². The van der Waals surface area contributed by atoms with Crippen LogP contribution in [-0.4, -0.2) is 15.1 Å². The summed E-state index contributed by atoms with van der Waals surface area (Å²) in [6, 6.07) is 10.3. The van der Waals surface area contributed by atoms with Gasteiger partial charge in [0.25, 0.3) is 5.89 Å². The molecule has 0 amide bonds. The Balaban J connectivity index is 1.79. The van der Waals surface area contributed by atoms with Crippen LogP contribution in [0.4, 0.5) is 0 Å². The maximum Gasteiger partial charge on any atom is 0.277 e. The summed E-state index contributed by atoms with van der Waals surface area (Å²) < 4.78 is 5.19. The summed E-state index contributed by atoms with van der Waals surface area (Å²) in [4.78, 5) is 8.83. The molecular weight excluding hydrogens is 258 g/mol. The summed E-state index contributed by atoms with van der Waals surface area (Å²) >= 11 is 1.62. The standard InChI is InChI=1S/C14H13N3OS/c1-2-12-16-14(18-17-12)11-9-19-13(15-11)8-10-6-4-3-5-7-10/h3-7,9H,2,8H2,1H3. The van der Waals surface area contributed by atoms with E-state index >= 15 is 0 Å². The van der Waals surface area contributed by atoms with Crippen molar-refractivity contribution in [3.63, 3.8) is 0 Å². The Morgan fingerprint density at radius 3 is 2.74 bits per heavy atom. The van der Waals surface area contributed by atoms with Gasteiger partial charge >= 0.3 is 0 Å². The van der Waals surface area contributed by atoms with Crippen LogP contribution in [0.2, 0.25) is 0 Å². The number of thiazole rings is 1. The molecule has 1 aromatic carbocycles. The molecule has 3 aromatic rings. The van der Waals surface area contributed by atoms with Crippen LogP contribution in [0.3, 0.4) is 0 Å². The Hall–Kier alpha value is -2.01. The first-order valence-electron chi connectivity index (χ1n) is 6.16. The van der Waals surface area contributed by atoms with Crippen LogP contribution in [0.5, 0.6) is 0 Å². The monoisotopic (exact) mass is 271 g/mol. The molecule has 96 valence electrons. The molecule has 0 aliphatic heterocycles. The third-order valence-electron chi connectivity index (χ3n) is 2.75. The lowest BCUT2D eigenvalue weighted by Gasteiger charge is -1.95. The van der Waals surface area contributed by atoms with Gasteiger partial charge in [-0.25, -0.2) is 4.98 Å². The van der Waals surface area contributed by atoms with Gasteiger partial charge in [-0.2, -0.15) is 4.98 Å². The second kappa shape index (κ2) is 5.32. The number of benzene rings is 1. The number of hydrogen-bond acceptors (Lipinski definition) is 5. The van der Waals surface area contributed by atoms with Crippen molar-refractivity contribution >= 4 is 11.3 Å². The first-order chi connectivity index (χ1) is 9.35. The minimum absolute atomic E-state index is 0.507. The molecule has 0 spiro atoms. The molecule has 0 atom stereocenters. The smallest absolute Gasteiger partial charge is 0.277 e. The summed E-state index contributed by atoms with van der Waals surface area (Å²) in [5.41, 5.74) is 2.02. The van der Waals surface area contributed by atoms with Gasteiger partial charge < -0.3 is 4.52 Å². The van der Waals surface area contributed by atoms with E-state index in [4.69, 9.17) is 4.52 Å². The van der Waals surface area contributed by atoms with E-state index in [0.717, 1.165) is 23.5 Å². The van der Waals surface area contributed by atoms with Gasteiger partial charge in [-0.1, -0.05) is 42.4 Å².